The molecule has 0 aliphatic carbocycles. The summed E-state index contributed by atoms with van der Waals surface area (Å²) in [6.45, 7) is 5.56. The molecule has 2 atom stereocenters. The molecule has 1 aliphatic heterocycles. The van der Waals surface area contributed by atoms with Crippen molar-refractivity contribution < 1.29 is 24.2 Å². The first-order valence-corrected chi connectivity index (χ1v) is 8.22. The minimum absolute atomic E-state index is 0.0490. The van der Waals surface area contributed by atoms with Crippen LogP contribution in [0.3, 0.4) is 0 Å². The molecule has 2 rings (SSSR count). The average molecular weight is 348 g/mol. The third kappa shape index (κ3) is 4.10. The zero-order chi connectivity index (χ0) is 18.7. The standard InChI is InChI=1S/C18H24N2O5/c1-10(2)16(18(23)24)19-17(22)12-8-15(21)20(9-12)13-7-11(3)5-6-14(13)25-4/h5-7,10,12,16H,8-9H2,1-4H3,(H,19,22)(H,23,24). The van der Waals surface area contributed by atoms with Gasteiger partial charge in [0.15, 0.2) is 0 Å². The number of carbonyl (C=O) groups is 3. The number of benzene rings is 1. The number of nitrogens with zero attached hydrogens (tertiary/aromatic N) is 1. The number of anilines is 1. The highest BCUT2D eigenvalue weighted by atomic mass is 16.5. The number of aliphatic carboxylic acids is 1. The number of hydrogen-bond acceptors (Lipinski definition) is 4. The highest BCUT2D eigenvalue weighted by Gasteiger charge is 2.38. The van der Waals surface area contributed by atoms with E-state index in [1.54, 1.807) is 19.9 Å². The van der Waals surface area contributed by atoms with Gasteiger partial charge >= 0.3 is 5.97 Å². The molecule has 0 spiro atoms. The monoisotopic (exact) mass is 348 g/mol. The number of aryl methyl sites for hydroxylation is 1. The quantitative estimate of drug-likeness (QED) is 0.814. The molecule has 1 aromatic carbocycles. The zero-order valence-electron chi connectivity index (χ0n) is 14.9. The summed E-state index contributed by atoms with van der Waals surface area (Å²) in [6, 6.07) is 4.54. The Morgan fingerprint density at radius 1 is 1.36 bits per heavy atom. The van der Waals surface area contributed by atoms with Crippen molar-refractivity contribution in [3.05, 3.63) is 23.8 Å². The van der Waals surface area contributed by atoms with E-state index in [0.717, 1.165) is 5.56 Å². The highest BCUT2D eigenvalue weighted by molar-refractivity contribution is 6.01. The fourth-order valence-corrected chi connectivity index (χ4v) is 2.91. The van der Waals surface area contributed by atoms with Crippen LogP contribution in [0.1, 0.15) is 25.8 Å². The topological polar surface area (TPSA) is 95.9 Å². The summed E-state index contributed by atoms with van der Waals surface area (Å²) in [4.78, 5) is 37.6. The summed E-state index contributed by atoms with van der Waals surface area (Å²) < 4.78 is 5.31. The minimum atomic E-state index is -1.08. The molecule has 25 heavy (non-hydrogen) atoms. The summed E-state index contributed by atoms with van der Waals surface area (Å²) in [7, 11) is 1.53. The van der Waals surface area contributed by atoms with Crippen LogP contribution in [-0.4, -0.2) is 42.6 Å². The van der Waals surface area contributed by atoms with Gasteiger partial charge in [0.2, 0.25) is 11.8 Å². The van der Waals surface area contributed by atoms with E-state index in [0.29, 0.717) is 11.4 Å². The lowest BCUT2D eigenvalue weighted by Gasteiger charge is -2.22. The summed E-state index contributed by atoms with van der Waals surface area (Å²) in [5.41, 5.74) is 1.60. The van der Waals surface area contributed by atoms with Gasteiger partial charge in [0, 0.05) is 13.0 Å². The van der Waals surface area contributed by atoms with E-state index in [1.807, 2.05) is 19.1 Å². The highest BCUT2D eigenvalue weighted by Crippen LogP contribution is 2.34. The van der Waals surface area contributed by atoms with Gasteiger partial charge < -0.3 is 20.1 Å². The zero-order valence-corrected chi connectivity index (χ0v) is 14.9. The molecule has 1 heterocycles. The third-order valence-electron chi connectivity index (χ3n) is 4.35. The molecule has 2 amide bonds. The van der Waals surface area contributed by atoms with Crippen LogP contribution in [0.25, 0.3) is 0 Å². The van der Waals surface area contributed by atoms with Crippen molar-refractivity contribution in [2.24, 2.45) is 11.8 Å². The molecule has 7 heteroatoms. The summed E-state index contributed by atoms with van der Waals surface area (Å²) in [6.07, 6.45) is 0.0490. The van der Waals surface area contributed by atoms with Gasteiger partial charge in [0.05, 0.1) is 18.7 Å². The van der Waals surface area contributed by atoms with Gasteiger partial charge in [-0.25, -0.2) is 4.79 Å². The Bertz CT molecular complexity index is 686. The average Bonchev–Trinajstić information content (AvgIpc) is 2.93. The van der Waals surface area contributed by atoms with Crippen LogP contribution < -0.4 is 15.0 Å². The van der Waals surface area contributed by atoms with E-state index in [9.17, 15) is 19.5 Å². The Labute approximate surface area is 147 Å². The normalized spacial score (nSPS) is 18.4. The molecule has 0 saturated carbocycles. The van der Waals surface area contributed by atoms with Crippen LogP contribution in [-0.2, 0) is 14.4 Å². The third-order valence-corrected chi connectivity index (χ3v) is 4.35. The number of ether oxygens (including phenoxy) is 1. The summed E-state index contributed by atoms with van der Waals surface area (Å²) in [5, 5.41) is 11.7. The number of hydrogen-bond donors (Lipinski definition) is 2. The molecule has 1 aromatic rings. The number of rotatable bonds is 6. The van der Waals surface area contributed by atoms with Crippen molar-refractivity contribution in [1.82, 2.24) is 5.32 Å². The van der Waals surface area contributed by atoms with Crippen molar-refractivity contribution in [2.45, 2.75) is 33.2 Å². The van der Waals surface area contributed by atoms with E-state index in [-0.39, 0.29) is 24.8 Å². The van der Waals surface area contributed by atoms with Gasteiger partial charge in [-0.1, -0.05) is 19.9 Å². The Kier molecular flexibility index (Phi) is 5.66. The summed E-state index contributed by atoms with van der Waals surface area (Å²) in [5.74, 6) is -1.94. The molecular weight excluding hydrogens is 324 g/mol. The maximum Gasteiger partial charge on any atom is 0.326 e. The first-order chi connectivity index (χ1) is 11.7. The first kappa shape index (κ1) is 18.8. The lowest BCUT2D eigenvalue weighted by Crippen LogP contribution is -2.47. The molecule has 1 saturated heterocycles. The van der Waals surface area contributed by atoms with Crippen molar-refractivity contribution in [2.75, 3.05) is 18.6 Å². The Balaban J connectivity index is 2.16. The van der Waals surface area contributed by atoms with Gasteiger partial charge in [0.25, 0.3) is 0 Å². The molecule has 1 fully saturated rings. The van der Waals surface area contributed by atoms with Gasteiger partial charge in [-0.2, -0.15) is 0 Å². The van der Waals surface area contributed by atoms with Gasteiger partial charge in [-0.05, 0) is 30.5 Å². The first-order valence-electron chi connectivity index (χ1n) is 8.22. The van der Waals surface area contributed by atoms with E-state index >= 15 is 0 Å². The largest absolute Gasteiger partial charge is 0.495 e. The van der Waals surface area contributed by atoms with Crippen LogP contribution in [0, 0.1) is 18.8 Å². The van der Waals surface area contributed by atoms with Gasteiger partial charge in [-0.3, -0.25) is 9.59 Å². The molecule has 0 aromatic heterocycles. The number of amides is 2. The SMILES string of the molecule is COc1ccc(C)cc1N1CC(C(=O)NC(C(=O)O)C(C)C)CC1=O. The fourth-order valence-electron chi connectivity index (χ4n) is 2.91. The van der Waals surface area contributed by atoms with Crippen LogP contribution in [0.5, 0.6) is 5.75 Å². The second-order valence-electron chi connectivity index (χ2n) is 6.65. The maximum absolute atomic E-state index is 12.4. The lowest BCUT2D eigenvalue weighted by molar-refractivity contribution is -0.143. The van der Waals surface area contributed by atoms with Gasteiger partial charge in [0.1, 0.15) is 11.8 Å². The molecule has 0 radical (unpaired) electrons. The molecular formula is C18H24N2O5. The van der Waals surface area contributed by atoms with Crippen LogP contribution in [0.2, 0.25) is 0 Å². The number of nitrogens with one attached hydrogen (secondary N) is 1. The van der Waals surface area contributed by atoms with E-state index in [1.165, 1.54) is 12.0 Å². The molecule has 2 N–H and O–H groups in total. The smallest absolute Gasteiger partial charge is 0.326 e. The van der Waals surface area contributed by atoms with E-state index < -0.39 is 23.8 Å². The van der Waals surface area contributed by atoms with Crippen LogP contribution in [0.15, 0.2) is 18.2 Å². The number of methoxy groups -OCH3 is 1. The Morgan fingerprint density at radius 2 is 2.04 bits per heavy atom. The van der Waals surface area contributed by atoms with Crippen molar-refractivity contribution >= 4 is 23.5 Å². The second kappa shape index (κ2) is 7.55. The molecule has 136 valence electrons. The maximum atomic E-state index is 12.4. The van der Waals surface area contributed by atoms with Crippen molar-refractivity contribution in [3.63, 3.8) is 0 Å². The van der Waals surface area contributed by atoms with Crippen LogP contribution >= 0.6 is 0 Å². The number of carboxylic acid groups (broad SMARTS) is 1. The minimum Gasteiger partial charge on any atom is -0.495 e. The van der Waals surface area contributed by atoms with Crippen molar-refractivity contribution in [3.8, 4) is 5.75 Å². The van der Waals surface area contributed by atoms with E-state index in [4.69, 9.17) is 4.74 Å². The predicted molar refractivity (Wildman–Crippen MR) is 92.6 cm³/mol. The Hall–Kier alpha value is -2.57. The lowest BCUT2D eigenvalue weighted by atomic mass is 10.0. The van der Waals surface area contributed by atoms with Crippen LogP contribution in [0.4, 0.5) is 5.69 Å². The van der Waals surface area contributed by atoms with Crippen molar-refractivity contribution in [1.29, 1.82) is 0 Å². The number of carboxylic acids is 1. The Morgan fingerprint density at radius 3 is 2.60 bits per heavy atom. The van der Waals surface area contributed by atoms with E-state index in [2.05, 4.69) is 5.32 Å². The fraction of sp³-hybridized carbons (Fsp3) is 0.500. The second-order valence-corrected chi connectivity index (χ2v) is 6.65. The molecule has 2 unspecified atom stereocenters. The number of carbonyl (C=O) groups excluding carboxylic acids is 2. The van der Waals surface area contributed by atoms with Gasteiger partial charge in [-0.15, -0.1) is 0 Å². The molecule has 7 nitrogen and oxygen atoms in total. The summed E-state index contributed by atoms with van der Waals surface area (Å²) >= 11 is 0. The predicted octanol–water partition coefficient (Wildman–Crippen LogP) is 1.58. The molecule has 0 bridgehead atoms. The molecule has 1 aliphatic rings.